The molecule has 1 amide bonds. The van der Waals surface area contributed by atoms with E-state index in [4.69, 9.17) is 5.73 Å². The van der Waals surface area contributed by atoms with Crippen molar-refractivity contribution < 1.29 is 9.18 Å². The van der Waals surface area contributed by atoms with Crippen molar-refractivity contribution in [3.8, 4) is 0 Å². The number of halogens is 2. The highest BCUT2D eigenvalue weighted by molar-refractivity contribution is 14.0. The lowest BCUT2D eigenvalue weighted by Crippen LogP contribution is -2.37. The van der Waals surface area contributed by atoms with E-state index in [1.807, 2.05) is 38.0 Å². The summed E-state index contributed by atoms with van der Waals surface area (Å²) in [5, 5.41) is 0. The van der Waals surface area contributed by atoms with Crippen LogP contribution in [0.1, 0.15) is 5.56 Å². The molecule has 124 valence electrons. The van der Waals surface area contributed by atoms with E-state index in [-0.39, 0.29) is 29.8 Å². The zero-order valence-electron chi connectivity index (χ0n) is 13.4. The second-order valence-corrected chi connectivity index (χ2v) is 5.36. The van der Waals surface area contributed by atoms with Gasteiger partial charge in [-0.3, -0.25) is 9.79 Å². The van der Waals surface area contributed by atoms with Crippen LogP contribution in [0.4, 0.5) is 4.39 Å². The normalized spacial score (nSPS) is 11.1. The number of guanidine groups is 1. The average molecular weight is 422 g/mol. The molecule has 0 fully saturated rings. The molecule has 1 aromatic carbocycles. The minimum atomic E-state index is -0.412. The van der Waals surface area contributed by atoms with Gasteiger partial charge in [0.1, 0.15) is 5.82 Å². The molecule has 5 nitrogen and oxygen atoms in total. The van der Waals surface area contributed by atoms with Crippen LogP contribution < -0.4 is 5.73 Å². The van der Waals surface area contributed by atoms with Crippen LogP contribution in [0.2, 0.25) is 0 Å². The van der Waals surface area contributed by atoms with Crippen molar-refractivity contribution in [2.75, 3.05) is 34.7 Å². The number of hydrogen-bond donors (Lipinski definition) is 1. The van der Waals surface area contributed by atoms with Gasteiger partial charge in [-0.05, 0) is 24.1 Å². The molecule has 0 aliphatic heterocycles. The molecule has 0 radical (unpaired) electrons. The summed E-state index contributed by atoms with van der Waals surface area (Å²) in [6.07, 6.45) is 0.452. The number of carbonyl (C=O) groups excluding carboxylic acids is 1. The number of rotatable bonds is 5. The largest absolute Gasteiger partial charge is 0.369 e. The van der Waals surface area contributed by atoms with Gasteiger partial charge in [-0.25, -0.2) is 4.39 Å². The molecule has 0 saturated carbocycles. The lowest BCUT2D eigenvalue weighted by molar-refractivity contribution is -0.121. The summed E-state index contributed by atoms with van der Waals surface area (Å²) < 4.78 is 12.9. The first-order chi connectivity index (χ1) is 9.81. The maximum absolute atomic E-state index is 12.9. The zero-order chi connectivity index (χ0) is 16.0. The maximum Gasteiger partial charge on any atom is 0.222 e. The third-order valence-corrected chi connectivity index (χ3v) is 3.05. The Morgan fingerprint density at radius 1 is 1.18 bits per heavy atom. The number of benzene rings is 1. The van der Waals surface area contributed by atoms with E-state index >= 15 is 0 Å². The second kappa shape index (κ2) is 9.60. The minimum absolute atomic E-state index is 0. The Bertz CT molecular complexity index is 493. The van der Waals surface area contributed by atoms with Crippen molar-refractivity contribution in [1.82, 2.24) is 9.80 Å². The predicted molar refractivity (Wildman–Crippen MR) is 97.9 cm³/mol. The molecule has 0 saturated heterocycles. The van der Waals surface area contributed by atoms with Crippen molar-refractivity contribution >= 4 is 35.8 Å². The number of amides is 1. The standard InChI is InChI=1S/C15H23FN4O.HI/c1-19(2)15(20(3)4)18-10-12(14(17)21)9-11-5-7-13(16)8-6-11;/h5-8,12H,9-10H2,1-4H3,(H2,17,21);1H. The van der Waals surface area contributed by atoms with Gasteiger partial charge in [0.2, 0.25) is 5.91 Å². The molecule has 7 heteroatoms. The van der Waals surface area contributed by atoms with Crippen LogP contribution >= 0.6 is 24.0 Å². The molecule has 0 aliphatic rings. The van der Waals surface area contributed by atoms with Crippen molar-refractivity contribution in [1.29, 1.82) is 0 Å². The molecule has 1 unspecified atom stereocenters. The molecule has 0 spiro atoms. The lowest BCUT2D eigenvalue weighted by Gasteiger charge is -2.23. The van der Waals surface area contributed by atoms with E-state index in [1.54, 1.807) is 12.1 Å². The van der Waals surface area contributed by atoms with Crippen LogP contribution in [0.3, 0.4) is 0 Å². The fraction of sp³-hybridized carbons (Fsp3) is 0.467. The number of nitrogens with two attached hydrogens (primary N) is 1. The zero-order valence-corrected chi connectivity index (χ0v) is 15.7. The van der Waals surface area contributed by atoms with Crippen LogP contribution in [-0.2, 0) is 11.2 Å². The summed E-state index contributed by atoms with van der Waals surface area (Å²) in [4.78, 5) is 19.8. The number of carbonyl (C=O) groups is 1. The summed E-state index contributed by atoms with van der Waals surface area (Å²) in [7, 11) is 7.55. The quantitative estimate of drug-likeness (QED) is 0.445. The summed E-state index contributed by atoms with van der Waals surface area (Å²) in [5.41, 5.74) is 6.31. The van der Waals surface area contributed by atoms with Gasteiger partial charge in [0.25, 0.3) is 0 Å². The van der Waals surface area contributed by atoms with Crippen molar-refractivity contribution in [2.24, 2.45) is 16.6 Å². The molecule has 1 aromatic rings. The van der Waals surface area contributed by atoms with Crippen LogP contribution in [0.15, 0.2) is 29.3 Å². The van der Waals surface area contributed by atoms with E-state index in [0.717, 1.165) is 11.5 Å². The predicted octanol–water partition coefficient (Wildman–Crippen LogP) is 1.57. The molecule has 0 aliphatic carbocycles. The van der Waals surface area contributed by atoms with Crippen molar-refractivity contribution in [3.63, 3.8) is 0 Å². The second-order valence-electron chi connectivity index (χ2n) is 5.36. The molecule has 0 bridgehead atoms. The summed E-state index contributed by atoms with van der Waals surface area (Å²) in [6, 6.07) is 6.07. The maximum atomic E-state index is 12.9. The summed E-state index contributed by atoms with van der Waals surface area (Å²) in [6.45, 7) is 0.304. The Morgan fingerprint density at radius 2 is 1.68 bits per heavy atom. The third-order valence-electron chi connectivity index (χ3n) is 3.05. The van der Waals surface area contributed by atoms with Crippen LogP contribution in [-0.4, -0.2) is 56.4 Å². The smallest absolute Gasteiger partial charge is 0.222 e. The van der Waals surface area contributed by atoms with Gasteiger partial charge in [0, 0.05) is 28.2 Å². The Kier molecular flexibility index (Phi) is 9.00. The number of primary amides is 1. The molecule has 0 heterocycles. The summed E-state index contributed by atoms with van der Waals surface area (Å²) >= 11 is 0. The number of hydrogen-bond acceptors (Lipinski definition) is 2. The van der Waals surface area contributed by atoms with Gasteiger partial charge in [-0.15, -0.1) is 24.0 Å². The first-order valence-corrected chi connectivity index (χ1v) is 6.74. The molecule has 1 rings (SSSR count). The Morgan fingerprint density at radius 3 is 2.09 bits per heavy atom. The van der Waals surface area contributed by atoms with Gasteiger partial charge < -0.3 is 15.5 Å². The highest BCUT2D eigenvalue weighted by Crippen LogP contribution is 2.11. The highest BCUT2D eigenvalue weighted by Gasteiger charge is 2.17. The average Bonchev–Trinajstić information content (AvgIpc) is 2.38. The van der Waals surface area contributed by atoms with E-state index in [0.29, 0.717) is 13.0 Å². The third kappa shape index (κ3) is 6.59. The van der Waals surface area contributed by atoms with Crippen molar-refractivity contribution in [3.05, 3.63) is 35.6 Å². The van der Waals surface area contributed by atoms with Gasteiger partial charge in [0.05, 0.1) is 12.5 Å². The number of nitrogens with zero attached hydrogens (tertiary/aromatic N) is 3. The first-order valence-electron chi connectivity index (χ1n) is 6.74. The molecule has 22 heavy (non-hydrogen) atoms. The Hall–Kier alpha value is -1.38. The van der Waals surface area contributed by atoms with Gasteiger partial charge in [0.15, 0.2) is 5.96 Å². The Labute approximate surface area is 148 Å². The fourth-order valence-corrected chi connectivity index (χ4v) is 2.03. The van der Waals surface area contributed by atoms with Gasteiger partial charge in [-0.1, -0.05) is 12.1 Å². The Balaban J connectivity index is 0.00000441. The highest BCUT2D eigenvalue weighted by atomic mass is 127. The SMILES string of the molecule is CN(C)C(=NCC(Cc1ccc(F)cc1)C(N)=O)N(C)C.I. The molecular formula is C15H24FIN4O. The molecular weight excluding hydrogens is 398 g/mol. The van der Waals surface area contributed by atoms with E-state index in [9.17, 15) is 9.18 Å². The van der Waals surface area contributed by atoms with Crippen LogP contribution in [0.5, 0.6) is 0 Å². The van der Waals surface area contributed by atoms with E-state index in [2.05, 4.69) is 4.99 Å². The minimum Gasteiger partial charge on any atom is -0.369 e. The summed E-state index contributed by atoms with van der Waals surface area (Å²) in [5.74, 6) is -0.347. The molecule has 2 N–H and O–H groups in total. The topological polar surface area (TPSA) is 61.9 Å². The van der Waals surface area contributed by atoms with Crippen LogP contribution in [0, 0.1) is 11.7 Å². The fourth-order valence-electron chi connectivity index (χ4n) is 2.03. The first kappa shape index (κ1) is 20.6. The molecule has 1 atom stereocenters. The van der Waals surface area contributed by atoms with Gasteiger partial charge in [-0.2, -0.15) is 0 Å². The molecule has 0 aromatic heterocycles. The van der Waals surface area contributed by atoms with Crippen LogP contribution in [0.25, 0.3) is 0 Å². The van der Waals surface area contributed by atoms with Gasteiger partial charge >= 0.3 is 0 Å². The lowest BCUT2D eigenvalue weighted by atomic mass is 9.99. The van der Waals surface area contributed by atoms with Crippen molar-refractivity contribution in [2.45, 2.75) is 6.42 Å². The van der Waals surface area contributed by atoms with E-state index < -0.39 is 11.8 Å². The van der Waals surface area contributed by atoms with E-state index in [1.165, 1.54) is 12.1 Å². The number of aliphatic imine (C=N–C) groups is 1. The monoisotopic (exact) mass is 422 g/mol.